The molecule has 22 heteroatoms. The summed E-state index contributed by atoms with van der Waals surface area (Å²) in [6.45, 7) is 15.9. The molecule has 4 rings (SSSR count). The van der Waals surface area contributed by atoms with E-state index in [-0.39, 0.29) is 41.4 Å². The fourth-order valence-corrected chi connectivity index (χ4v) is 6.87. The number of alkyl carbamates (subject to hydrolysis) is 2. The van der Waals surface area contributed by atoms with E-state index in [1.54, 1.807) is 55.4 Å². The third-order valence-electron chi connectivity index (χ3n) is 6.68. The van der Waals surface area contributed by atoms with Crippen LogP contribution >= 0.6 is 53.2 Å². The minimum absolute atomic E-state index is 0.102. The number of aliphatic hydroxyl groups excluding tert-OH is 1. The largest absolute Gasteiger partial charge is 0.488 e. The summed E-state index contributed by atoms with van der Waals surface area (Å²) in [5.41, 5.74) is -0.567. The lowest BCUT2D eigenvalue weighted by atomic mass is 10.2. The molecule has 0 aliphatic heterocycles. The van der Waals surface area contributed by atoms with E-state index in [1.165, 1.54) is 60.3 Å². The van der Waals surface area contributed by atoms with E-state index in [1.807, 2.05) is 0 Å². The first kappa shape index (κ1) is 48.7. The number of nitrogens with one attached hydrogen (secondary N) is 2. The van der Waals surface area contributed by atoms with E-state index in [0.717, 1.165) is 10.0 Å². The van der Waals surface area contributed by atoms with E-state index < -0.39 is 61.1 Å². The van der Waals surface area contributed by atoms with E-state index in [4.69, 9.17) is 46.7 Å². The lowest BCUT2D eigenvalue weighted by Gasteiger charge is -2.24. The van der Waals surface area contributed by atoms with Gasteiger partial charge in [-0.2, -0.15) is 0 Å². The Bertz CT molecular complexity index is 2080. The van der Waals surface area contributed by atoms with Crippen molar-refractivity contribution in [2.75, 3.05) is 39.8 Å². The van der Waals surface area contributed by atoms with Crippen molar-refractivity contribution < 1.29 is 51.5 Å². The van der Waals surface area contributed by atoms with Crippen LogP contribution in [0.15, 0.2) is 24.3 Å². The Morgan fingerprint density at radius 2 is 1.14 bits per heavy atom. The number of aliphatic hydroxyl groups is 1. The normalized spacial score (nSPS) is 12.8. The highest BCUT2D eigenvalue weighted by molar-refractivity contribution is 7.57. The predicted molar refractivity (Wildman–Crippen MR) is 220 cm³/mol. The molecule has 320 valence electrons. The number of aryl methyl sites for hydroxylation is 2. The van der Waals surface area contributed by atoms with Crippen LogP contribution in [0.3, 0.4) is 0 Å². The zero-order valence-corrected chi connectivity index (χ0v) is 37.6. The molecule has 2 atom stereocenters. The second kappa shape index (κ2) is 21.0. The zero-order chi connectivity index (χ0) is 43.6. The number of aromatic nitrogens is 4. The molecular weight excluding hydrogens is 864 g/mol. The molecule has 2 aromatic carbocycles. The number of halogens is 4. The SMILES string of the molecule is Cc1nnc(-c2cc(F)c(OCC(CO)NC(=O)OC(C)(C)C)cc2Cl)s1.Cc1nnc(-c2cc(F)c(OCC(COP(C)(C)=O)NC(=O)OC(C)(C)C)cc2Cl)s1. The number of ether oxygens (including phenoxy) is 4. The number of hydrogen-bond donors (Lipinski definition) is 3. The summed E-state index contributed by atoms with van der Waals surface area (Å²) in [6.07, 6.45) is -1.40. The van der Waals surface area contributed by atoms with Gasteiger partial charge in [0.1, 0.15) is 44.4 Å². The molecule has 0 saturated heterocycles. The lowest BCUT2D eigenvalue weighted by molar-refractivity contribution is 0.0451. The van der Waals surface area contributed by atoms with Crippen LogP contribution in [0, 0.1) is 25.5 Å². The average Bonchev–Trinajstić information content (AvgIpc) is 3.72. The molecule has 0 radical (unpaired) electrons. The summed E-state index contributed by atoms with van der Waals surface area (Å²) in [6, 6.07) is 3.57. The smallest absolute Gasteiger partial charge is 0.408 e. The molecule has 0 fully saturated rings. The third-order valence-corrected chi connectivity index (χ3v) is 9.83. The predicted octanol–water partition coefficient (Wildman–Crippen LogP) is 8.70. The second-order valence-corrected chi connectivity index (χ2v) is 20.8. The van der Waals surface area contributed by atoms with E-state index in [9.17, 15) is 28.0 Å². The van der Waals surface area contributed by atoms with Crippen LogP contribution in [0.25, 0.3) is 21.1 Å². The Labute approximate surface area is 353 Å². The molecule has 58 heavy (non-hydrogen) atoms. The number of rotatable bonds is 14. The van der Waals surface area contributed by atoms with Crippen molar-refractivity contribution in [3.05, 3.63) is 56.0 Å². The Morgan fingerprint density at radius 3 is 1.48 bits per heavy atom. The number of hydrogen-bond acceptors (Lipinski definition) is 15. The fraction of sp³-hybridized carbons (Fsp3) is 0.500. The highest BCUT2D eigenvalue weighted by Crippen LogP contribution is 2.38. The molecular formula is C36H47Cl2F2N6O9PS2. The maximum atomic E-state index is 14.6. The maximum Gasteiger partial charge on any atom is 0.408 e. The van der Waals surface area contributed by atoms with E-state index in [0.29, 0.717) is 21.1 Å². The van der Waals surface area contributed by atoms with Crippen LogP contribution in [-0.4, -0.2) is 101 Å². The molecule has 2 unspecified atom stereocenters. The summed E-state index contributed by atoms with van der Waals surface area (Å²) in [7, 11) is -2.81. The number of benzene rings is 2. The minimum atomic E-state index is -2.81. The molecule has 2 aromatic heterocycles. The summed E-state index contributed by atoms with van der Waals surface area (Å²) in [4.78, 5) is 23.9. The Morgan fingerprint density at radius 1 is 0.741 bits per heavy atom. The van der Waals surface area contributed by atoms with Crippen molar-refractivity contribution in [2.45, 2.75) is 78.7 Å². The van der Waals surface area contributed by atoms with Gasteiger partial charge in [0.15, 0.2) is 30.5 Å². The molecule has 0 spiro atoms. The molecule has 2 amide bonds. The van der Waals surface area contributed by atoms with Crippen molar-refractivity contribution in [1.82, 2.24) is 31.0 Å². The van der Waals surface area contributed by atoms with Gasteiger partial charge in [0.25, 0.3) is 0 Å². The fourth-order valence-electron chi connectivity index (χ4n) is 4.29. The number of carbonyl (C=O) groups is 2. The van der Waals surface area contributed by atoms with Crippen LogP contribution in [0.4, 0.5) is 18.4 Å². The van der Waals surface area contributed by atoms with Gasteiger partial charge in [0.2, 0.25) is 0 Å². The Kier molecular flexibility index (Phi) is 17.6. The number of amides is 2. The first-order chi connectivity index (χ1) is 26.8. The molecule has 3 N–H and O–H groups in total. The molecule has 15 nitrogen and oxygen atoms in total. The van der Waals surface area contributed by atoms with Gasteiger partial charge in [-0.25, -0.2) is 18.4 Å². The molecule has 0 aliphatic rings. The van der Waals surface area contributed by atoms with Gasteiger partial charge in [-0.3, -0.25) is 4.57 Å². The zero-order valence-electron chi connectivity index (χ0n) is 33.6. The summed E-state index contributed by atoms with van der Waals surface area (Å²) >= 11 is 15.1. The van der Waals surface area contributed by atoms with Gasteiger partial charge < -0.3 is 39.2 Å². The van der Waals surface area contributed by atoms with Crippen LogP contribution in [0.2, 0.25) is 10.0 Å². The second-order valence-electron chi connectivity index (χ2n) is 14.8. The number of carbonyl (C=O) groups excluding carboxylic acids is 2. The quantitative estimate of drug-likeness (QED) is 0.102. The van der Waals surface area contributed by atoms with E-state index >= 15 is 0 Å². The van der Waals surface area contributed by atoms with Gasteiger partial charge in [0, 0.05) is 36.6 Å². The van der Waals surface area contributed by atoms with Crippen molar-refractivity contribution in [3.63, 3.8) is 0 Å². The summed E-state index contributed by atoms with van der Waals surface area (Å²) in [5, 5.41) is 33.1. The summed E-state index contributed by atoms with van der Waals surface area (Å²) < 4.78 is 67.4. The van der Waals surface area contributed by atoms with Crippen molar-refractivity contribution in [3.8, 4) is 32.6 Å². The first-order valence-corrected chi connectivity index (χ1v) is 22.4. The van der Waals surface area contributed by atoms with Crippen LogP contribution in [-0.2, 0) is 18.6 Å². The van der Waals surface area contributed by atoms with Crippen molar-refractivity contribution in [1.29, 1.82) is 0 Å². The average molecular weight is 912 g/mol. The first-order valence-electron chi connectivity index (χ1n) is 17.5. The topological polar surface area (TPSA) is 193 Å². The lowest BCUT2D eigenvalue weighted by Crippen LogP contribution is -2.44. The molecule has 0 bridgehead atoms. The van der Waals surface area contributed by atoms with Crippen LogP contribution in [0.5, 0.6) is 11.5 Å². The third kappa shape index (κ3) is 16.9. The van der Waals surface area contributed by atoms with Crippen molar-refractivity contribution in [2.24, 2.45) is 0 Å². The molecule has 0 aliphatic carbocycles. The summed E-state index contributed by atoms with van der Waals surface area (Å²) in [5.74, 6) is -1.51. The Hall–Kier alpha value is -3.71. The monoisotopic (exact) mass is 910 g/mol. The van der Waals surface area contributed by atoms with Crippen LogP contribution < -0.4 is 20.1 Å². The standard InChI is InChI=1S/C19H26ClFN3O5PS.C17H21ClFN3O4S/c1-11-23-24-17(31-11)13-7-15(21)16(8-14(13)20)27-9-12(10-28-30(5,6)26)22-18(25)29-19(2,3)4;1-9-21-22-15(27-9)11-5-13(19)14(6-12(11)18)25-8-10(7-23)20-16(24)26-17(2,3)4/h7-8,12H,9-10H2,1-6H3,(H,22,25);5-6,10,23H,7-8H2,1-4H3,(H,20,24). The van der Waals surface area contributed by atoms with Gasteiger partial charge >= 0.3 is 12.2 Å². The number of nitrogens with zero attached hydrogens (tertiary/aromatic N) is 4. The molecule has 0 saturated carbocycles. The van der Waals surface area contributed by atoms with Crippen molar-refractivity contribution >= 4 is 65.4 Å². The van der Waals surface area contributed by atoms with Crippen LogP contribution in [0.1, 0.15) is 51.6 Å². The van der Waals surface area contributed by atoms with E-state index in [2.05, 4.69) is 31.0 Å². The van der Waals surface area contributed by atoms with Gasteiger partial charge in [0.05, 0.1) is 35.3 Å². The minimum Gasteiger partial charge on any atom is -0.488 e. The molecule has 4 aromatic rings. The highest BCUT2D eigenvalue weighted by Gasteiger charge is 2.24. The van der Waals surface area contributed by atoms with Gasteiger partial charge in [-0.05, 0) is 67.5 Å². The molecule has 2 heterocycles. The van der Waals surface area contributed by atoms with Gasteiger partial charge in [-0.1, -0.05) is 45.9 Å². The Balaban J connectivity index is 0.000000313. The maximum absolute atomic E-state index is 14.6. The van der Waals surface area contributed by atoms with Gasteiger partial charge in [-0.15, -0.1) is 20.4 Å². The highest BCUT2D eigenvalue weighted by atomic mass is 35.5.